The van der Waals surface area contributed by atoms with Gasteiger partial charge in [0.1, 0.15) is 5.75 Å². The third kappa shape index (κ3) is 3.74. The Hall–Kier alpha value is -1.55. The number of anilines is 1. The minimum atomic E-state index is 0.0276. The lowest BCUT2D eigenvalue weighted by molar-refractivity contribution is -0.117. The van der Waals surface area contributed by atoms with Crippen LogP contribution < -0.4 is 15.0 Å². The number of para-hydroxylation sites is 2. The second kappa shape index (κ2) is 7.01. The second-order valence-corrected chi connectivity index (χ2v) is 4.31. The predicted molar refractivity (Wildman–Crippen MR) is 74.2 cm³/mol. The molecule has 0 fully saturated rings. The molecule has 100 valence electrons. The molecule has 0 saturated carbocycles. The normalized spacial score (nSPS) is 12.0. The molecule has 0 spiro atoms. The van der Waals surface area contributed by atoms with Crippen molar-refractivity contribution in [2.75, 3.05) is 25.6 Å². The minimum Gasteiger partial charge on any atom is -0.495 e. The smallest absolute Gasteiger partial charge is 0.240 e. The summed E-state index contributed by atoms with van der Waals surface area (Å²) in [5.74, 6) is 0.733. The van der Waals surface area contributed by atoms with Crippen LogP contribution in [-0.2, 0) is 4.79 Å². The Morgan fingerprint density at radius 2 is 2.11 bits per heavy atom. The standard InChI is InChI=1S/C14H22N2O2/c1-5-11(2)15-10-14(17)16(3)12-8-6-7-9-13(12)18-4/h6-9,11,15H,5,10H2,1-4H3. The molecule has 1 N–H and O–H groups in total. The van der Waals surface area contributed by atoms with Crippen molar-refractivity contribution in [2.24, 2.45) is 0 Å². The van der Waals surface area contributed by atoms with Gasteiger partial charge in [0.15, 0.2) is 0 Å². The number of rotatable bonds is 6. The van der Waals surface area contributed by atoms with Crippen LogP contribution in [0.4, 0.5) is 5.69 Å². The van der Waals surface area contributed by atoms with Gasteiger partial charge in [-0.1, -0.05) is 19.1 Å². The molecule has 1 unspecified atom stereocenters. The molecular weight excluding hydrogens is 228 g/mol. The summed E-state index contributed by atoms with van der Waals surface area (Å²) in [5.41, 5.74) is 0.788. The molecule has 1 aromatic carbocycles. The summed E-state index contributed by atoms with van der Waals surface area (Å²) in [6.07, 6.45) is 1.01. The predicted octanol–water partition coefficient (Wildman–Crippen LogP) is 2.05. The van der Waals surface area contributed by atoms with Crippen LogP contribution in [0, 0.1) is 0 Å². The molecule has 0 aliphatic carbocycles. The van der Waals surface area contributed by atoms with Gasteiger partial charge in [-0.3, -0.25) is 4.79 Å². The molecule has 0 radical (unpaired) electrons. The van der Waals surface area contributed by atoms with E-state index in [1.165, 1.54) is 0 Å². The molecule has 1 amide bonds. The van der Waals surface area contributed by atoms with Crippen LogP contribution in [0.2, 0.25) is 0 Å². The van der Waals surface area contributed by atoms with Gasteiger partial charge in [0.2, 0.25) is 5.91 Å². The number of hydrogen-bond acceptors (Lipinski definition) is 3. The van der Waals surface area contributed by atoms with E-state index in [-0.39, 0.29) is 5.91 Å². The fraction of sp³-hybridized carbons (Fsp3) is 0.500. The van der Waals surface area contributed by atoms with Crippen LogP contribution in [0.3, 0.4) is 0 Å². The largest absolute Gasteiger partial charge is 0.495 e. The molecule has 0 heterocycles. The minimum absolute atomic E-state index is 0.0276. The van der Waals surface area contributed by atoms with Gasteiger partial charge in [0.25, 0.3) is 0 Å². The Morgan fingerprint density at radius 1 is 1.44 bits per heavy atom. The first-order valence-electron chi connectivity index (χ1n) is 6.23. The summed E-state index contributed by atoms with van der Waals surface area (Å²) in [7, 11) is 3.37. The number of hydrogen-bond donors (Lipinski definition) is 1. The first kappa shape index (κ1) is 14.5. The zero-order chi connectivity index (χ0) is 13.5. The maximum atomic E-state index is 12.0. The molecule has 0 aliphatic rings. The van der Waals surface area contributed by atoms with Crippen LogP contribution in [0.25, 0.3) is 0 Å². The van der Waals surface area contributed by atoms with E-state index < -0.39 is 0 Å². The van der Waals surface area contributed by atoms with E-state index in [0.29, 0.717) is 18.3 Å². The van der Waals surface area contributed by atoms with Crippen molar-refractivity contribution in [3.05, 3.63) is 24.3 Å². The number of carbonyl (C=O) groups excluding carboxylic acids is 1. The van der Waals surface area contributed by atoms with Crippen molar-refractivity contribution in [3.63, 3.8) is 0 Å². The van der Waals surface area contributed by atoms with Gasteiger partial charge in [-0.15, -0.1) is 0 Å². The summed E-state index contributed by atoms with van der Waals surface area (Å²) >= 11 is 0. The van der Waals surface area contributed by atoms with Crippen molar-refractivity contribution in [1.29, 1.82) is 0 Å². The van der Waals surface area contributed by atoms with Crippen LogP contribution >= 0.6 is 0 Å². The van der Waals surface area contributed by atoms with Gasteiger partial charge >= 0.3 is 0 Å². The monoisotopic (exact) mass is 250 g/mol. The highest BCUT2D eigenvalue weighted by Gasteiger charge is 2.14. The zero-order valence-electron chi connectivity index (χ0n) is 11.6. The van der Waals surface area contributed by atoms with Gasteiger partial charge in [-0.25, -0.2) is 0 Å². The number of nitrogens with zero attached hydrogens (tertiary/aromatic N) is 1. The van der Waals surface area contributed by atoms with Crippen molar-refractivity contribution in [3.8, 4) is 5.75 Å². The molecule has 4 nitrogen and oxygen atoms in total. The Balaban J connectivity index is 2.68. The third-order valence-corrected chi connectivity index (χ3v) is 3.03. The van der Waals surface area contributed by atoms with E-state index in [2.05, 4.69) is 19.2 Å². The number of amides is 1. The molecule has 0 aliphatic heterocycles. The zero-order valence-corrected chi connectivity index (χ0v) is 11.6. The Morgan fingerprint density at radius 3 is 2.72 bits per heavy atom. The highest BCUT2D eigenvalue weighted by atomic mass is 16.5. The lowest BCUT2D eigenvalue weighted by Crippen LogP contribution is -2.39. The van der Waals surface area contributed by atoms with Gasteiger partial charge in [-0.2, -0.15) is 0 Å². The van der Waals surface area contributed by atoms with Crippen LogP contribution in [-0.4, -0.2) is 32.7 Å². The van der Waals surface area contributed by atoms with E-state index >= 15 is 0 Å². The van der Waals surface area contributed by atoms with Gasteiger partial charge in [0.05, 0.1) is 19.3 Å². The first-order valence-corrected chi connectivity index (χ1v) is 6.23. The fourth-order valence-corrected chi connectivity index (χ4v) is 1.57. The van der Waals surface area contributed by atoms with Crippen molar-refractivity contribution in [1.82, 2.24) is 5.32 Å². The molecule has 0 saturated heterocycles. The Kier molecular flexibility index (Phi) is 5.65. The maximum absolute atomic E-state index is 12.0. The molecule has 0 aromatic heterocycles. The third-order valence-electron chi connectivity index (χ3n) is 3.03. The molecule has 18 heavy (non-hydrogen) atoms. The Labute approximate surface area is 109 Å². The summed E-state index contributed by atoms with van der Waals surface area (Å²) in [4.78, 5) is 13.7. The first-order chi connectivity index (χ1) is 8.60. The molecule has 1 aromatic rings. The highest BCUT2D eigenvalue weighted by molar-refractivity contribution is 5.95. The van der Waals surface area contributed by atoms with Gasteiger partial charge in [-0.05, 0) is 25.5 Å². The van der Waals surface area contributed by atoms with E-state index in [1.54, 1.807) is 19.1 Å². The van der Waals surface area contributed by atoms with Crippen LogP contribution in [0.5, 0.6) is 5.75 Å². The second-order valence-electron chi connectivity index (χ2n) is 4.31. The number of likely N-dealkylation sites (N-methyl/N-ethyl adjacent to an activating group) is 1. The number of nitrogens with one attached hydrogen (secondary N) is 1. The lowest BCUT2D eigenvalue weighted by Gasteiger charge is -2.21. The van der Waals surface area contributed by atoms with E-state index in [0.717, 1.165) is 12.1 Å². The molecule has 1 rings (SSSR count). The summed E-state index contributed by atoms with van der Waals surface area (Å²) < 4.78 is 5.25. The summed E-state index contributed by atoms with van der Waals surface area (Å²) in [6.45, 7) is 4.49. The quantitative estimate of drug-likeness (QED) is 0.840. The van der Waals surface area contributed by atoms with E-state index in [1.807, 2.05) is 24.3 Å². The number of carbonyl (C=O) groups is 1. The average molecular weight is 250 g/mol. The van der Waals surface area contributed by atoms with Crippen molar-refractivity contribution in [2.45, 2.75) is 26.3 Å². The number of methoxy groups -OCH3 is 1. The van der Waals surface area contributed by atoms with Crippen LogP contribution in [0.1, 0.15) is 20.3 Å². The molecular formula is C14H22N2O2. The number of benzene rings is 1. The van der Waals surface area contributed by atoms with Gasteiger partial charge in [0, 0.05) is 13.1 Å². The SMILES string of the molecule is CCC(C)NCC(=O)N(C)c1ccccc1OC. The van der Waals surface area contributed by atoms with Crippen molar-refractivity contribution >= 4 is 11.6 Å². The van der Waals surface area contributed by atoms with Crippen LogP contribution in [0.15, 0.2) is 24.3 Å². The molecule has 1 atom stereocenters. The van der Waals surface area contributed by atoms with E-state index in [4.69, 9.17) is 4.74 Å². The lowest BCUT2D eigenvalue weighted by atomic mass is 10.2. The molecule has 0 bridgehead atoms. The van der Waals surface area contributed by atoms with E-state index in [9.17, 15) is 4.79 Å². The number of ether oxygens (including phenoxy) is 1. The summed E-state index contributed by atoms with van der Waals surface area (Å²) in [6, 6.07) is 7.85. The highest BCUT2D eigenvalue weighted by Crippen LogP contribution is 2.26. The van der Waals surface area contributed by atoms with Crippen molar-refractivity contribution < 1.29 is 9.53 Å². The topological polar surface area (TPSA) is 41.6 Å². The summed E-state index contributed by atoms with van der Waals surface area (Å²) in [5, 5.41) is 3.19. The average Bonchev–Trinajstić information content (AvgIpc) is 2.43. The van der Waals surface area contributed by atoms with Gasteiger partial charge < -0.3 is 15.0 Å². The fourth-order valence-electron chi connectivity index (χ4n) is 1.57. The Bertz CT molecular complexity index is 393. The molecule has 4 heteroatoms. The maximum Gasteiger partial charge on any atom is 0.240 e.